The minimum Gasteiger partial charge on any atom is -0.0801 e. The predicted octanol–water partition coefficient (Wildman–Crippen LogP) is 2.11. The van der Waals surface area contributed by atoms with E-state index in [0.717, 1.165) is 0 Å². The Balaban J connectivity index is 2.48. The van der Waals surface area contributed by atoms with Gasteiger partial charge in [0.05, 0.1) is 0 Å². The largest absolute Gasteiger partial charge is 0.0801 e. The standard InChI is InChI=1S/C12H14Si/c1-9-7-8-11(13)12(9)10-5-3-2-4-6-10/h2-7H,8H2,1,13H3. The summed E-state index contributed by atoms with van der Waals surface area (Å²) >= 11 is 0. The minimum atomic E-state index is 1.18. The van der Waals surface area contributed by atoms with E-state index in [0.29, 0.717) is 0 Å². The van der Waals surface area contributed by atoms with E-state index in [2.05, 4.69) is 43.3 Å². The first-order chi connectivity index (χ1) is 6.29. The quantitative estimate of drug-likeness (QED) is 0.589. The summed E-state index contributed by atoms with van der Waals surface area (Å²) in [6.45, 7) is 2.22. The van der Waals surface area contributed by atoms with Crippen LogP contribution in [-0.2, 0) is 0 Å². The molecule has 0 amide bonds. The Morgan fingerprint density at radius 1 is 1.15 bits per heavy atom. The zero-order valence-corrected chi connectivity index (χ0v) is 10.2. The molecule has 66 valence electrons. The molecule has 0 saturated carbocycles. The molecule has 2 rings (SSSR count). The fourth-order valence-corrected chi connectivity index (χ4v) is 2.81. The maximum absolute atomic E-state index is 2.34. The van der Waals surface area contributed by atoms with Crippen molar-refractivity contribution in [3.05, 3.63) is 52.7 Å². The van der Waals surface area contributed by atoms with Crippen molar-refractivity contribution in [2.24, 2.45) is 0 Å². The van der Waals surface area contributed by atoms with Gasteiger partial charge >= 0.3 is 0 Å². The second-order valence-corrected chi connectivity index (χ2v) is 4.82. The van der Waals surface area contributed by atoms with Crippen molar-refractivity contribution in [3.8, 4) is 0 Å². The molecule has 0 aliphatic heterocycles. The van der Waals surface area contributed by atoms with Crippen LogP contribution < -0.4 is 0 Å². The molecule has 0 fully saturated rings. The van der Waals surface area contributed by atoms with E-state index in [1.165, 1.54) is 33.4 Å². The second kappa shape index (κ2) is 3.34. The number of allylic oxidation sites excluding steroid dienone is 4. The summed E-state index contributed by atoms with van der Waals surface area (Å²) in [6.07, 6.45) is 3.52. The Morgan fingerprint density at radius 3 is 2.38 bits per heavy atom. The van der Waals surface area contributed by atoms with Crippen molar-refractivity contribution in [1.82, 2.24) is 0 Å². The lowest BCUT2D eigenvalue weighted by Crippen LogP contribution is -1.86. The van der Waals surface area contributed by atoms with Gasteiger partial charge in [-0.05, 0) is 30.1 Å². The molecule has 1 aromatic rings. The molecule has 0 N–H and O–H groups in total. The van der Waals surface area contributed by atoms with Crippen LogP contribution in [0, 0.1) is 0 Å². The Bertz CT molecular complexity index is 371. The Hall–Kier alpha value is -1.08. The molecular formula is C12H14Si. The van der Waals surface area contributed by atoms with Crippen LogP contribution in [-0.4, -0.2) is 10.2 Å². The Kier molecular flexibility index (Phi) is 2.19. The zero-order chi connectivity index (χ0) is 9.26. The first-order valence-corrected chi connectivity index (χ1v) is 5.71. The van der Waals surface area contributed by atoms with Gasteiger partial charge in [0.15, 0.2) is 0 Å². The summed E-state index contributed by atoms with van der Waals surface area (Å²) in [7, 11) is 1.19. The van der Waals surface area contributed by atoms with Gasteiger partial charge in [0.2, 0.25) is 0 Å². The van der Waals surface area contributed by atoms with Crippen molar-refractivity contribution < 1.29 is 0 Å². The van der Waals surface area contributed by atoms with Crippen molar-refractivity contribution >= 4 is 15.8 Å². The van der Waals surface area contributed by atoms with Crippen LogP contribution in [0.4, 0.5) is 0 Å². The van der Waals surface area contributed by atoms with Gasteiger partial charge in [0, 0.05) is 10.2 Å². The first kappa shape index (κ1) is 8.51. The van der Waals surface area contributed by atoms with E-state index in [1.54, 1.807) is 5.20 Å². The molecule has 13 heavy (non-hydrogen) atoms. The lowest BCUT2D eigenvalue weighted by molar-refractivity contribution is 1.39. The van der Waals surface area contributed by atoms with Gasteiger partial charge in [-0.2, -0.15) is 0 Å². The Morgan fingerprint density at radius 2 is 1.85 bits per heavy atom. The predicted molar refractivity (Wildman–Crippen MR) is 61.7 cm³/mol. The zero-order valence-electron chi connectivity index (χ0n) is 8.17. The van der Waals surface area contributed by atoms with E-state index in [9.17, 15) is 0 Å². The molecule has 1 aromatic carbocycles. The van der Waals surface area contributed by atoms with Crippen LogP contribution >= 0.6 is 0 Å². The second-order valence-electron chi connectivity index (χ2n) is 3.61. The van der Waals surface area contributed by atoms with Crippen molar-refractivity contribution in [2.45, 2.75) is 13.3 Å². The molecule has 0 atom stereocenters. The van der Waals surface area contributed by atoms with Gasteiger partial charge in [-0.1, -0.05) is 41.6 Å². The summed E-state index contributed by atoms with van der Waals surface area (Å²) in [5, 5.41) is 1.63. The van der Waals surface area contributed by atoms with Crippen LogP contribution in [0.15, 0.2) is 47.2 Å². The molecule has 0 spiro atoms. The molecule has 0 radical (unpaired) electrons. The smallest absolute Gasteiger partial charge is 0.0345 e. The molecule has 0 nitrogen and oxygen atoms in total. The first-order valence-electron chi connectivity index (χ1n) is 4.71. The fourth-order valence-electron chi connectivity index (χ4n) is 1.93. The third-order valence-electron chi connectivity index (χ3n) is 2.60. The van der Waals surface area contributed by atoms with Gasteiger partial charge in [-0.3, -0.25) is 0 Å². The third-order valence-corrected chi connectivity index (χ3v) is 3.51. The summed E-state index contributed by atoms with van der Waals surface area (Å²) < 4.78 is 0. The molecule has 1 aliphatic rings. The molecule has 0 bridgehead atoms. The maximum atomic E-state index is 2.34. The summed E-state index contributed by atoms with van der Waals surface area (Å²) in [5.74, 6) is 0. The van der Waals surface area contributed by atoms with E-state index < -0.39 is 0 Å². The highest BCUT2D eigenvalue weighted by Crippen LogP contribution is 2.32. The average molecular weight is 186 g/mol. The highest BCUT2D eigenvalue weighted by atomic mass is 28.1. The number of hydrogen-bond donors (Lipinski definition) is 0. The third kappa shape index (κ3) is 1.52. The molecule has 0 unspecified atom stereocenters. The summed E-state index contributed by atoms with van der Waals surface area (Å²) in [4.78, 5) is 0. The maximum Gasteiger partial charge on any atom is 0.0345 e. The van der Waals surface area contributed by atoms with Gasteiger partial charge in [0.25, 0.3) is 0 Å². The molecular weight excluding hydrogens is 172 g/mol. The van der Waals surface area contributed by atoms with Crippen molar-refractivity contribution in [2.75, 3.05) is 0 Å². The molecule has 0 heterocycles. The Labute approximate surface area is 82.4 Å². The topological polar surface area (TPSA) is 0 Å². The number of rotatable bonds is 1. The number of benzene rings is 1. The van der Waals surface area contributed by atoms with Gasteiger partial charge in [0.1, 0.15) is 0 Å². The molecule has 1 aliphatic carbocycles. The van der Waals surface area contributed by atoms with Crippen LogP contribution in [0.2, 0.25) is 0 Å². The fraction of sp³-hybridized carbons (Fsp3) is 0.167. The summed E-state index contributed by atoms with van der Waals surface area (Å²) in [5.41, 5.74) is 4.35. The van der Waals surface area contributed by atoms with Gasteiger partial charge < -0.3 is 0 Å². The van der Waals surface area contributed by atoms with Crippen LogP contribution in [0.5, 0.6) is 0 Å². The number of hydrogen-bond acceptors (Lipinski definition) is 0. The molecule has 1 heteroatoms. The lowest BCUT2D eigenvalue weighted by Gasteiger charge is -2.06. The van der Waals surface area contributed by atoms with E-state index in [-0.39, 0.29) is 0 Å². The molecule has 0 aromatic heterocycles. The highest BCUT2D eigenvalue weighted by molar-refractivity contribution is 6.27. The monoisotopic (exact) mass is 186 g/mol. The van der Waals surface area contributed by atoms with Crippen molar-refractivity contribution in [1.29, 1.82) is 0 Å². The molecule has 0 saturated heterocycles. The van der Waals surface area contributed by atoms with Crippen molar-refractivity contribution in [3.63, 3.8) is 0 Å². The van der Waals surface area contributed by atoms with Crippen LogP contribution in [0.3, 0.4) is 0 Å². The lowest BCUT2D eigenvalue weighted by atomic mass is 10.0. The van der Waals surface area contributed by atoms with E-state index in [1.807, 2.05) is 0 Å². The van der Waals surface area contributed by atoms with E-state index >= 15 is 0 Å². The average Bonchev–Trinajstić information content (AvgIpc) is 2.48. The SMILES string of the molecule is CC1=CCC([SiH3])=C1c1ccccc1. The highest BCUT2D eigenvalue weighted by Gasteiger charge is 2.11. The normalized spacial score (nSPS) is 16.5. The van der Waals surface area contributed by atoms with Crippen LogP contribution in [0.1, 0.15) is 18.9 Å². The minimum absolute atomic E-state index is 1.18. The van der Waals surface area contributed by atoms with E-state index in [4.69, 9.17) is 0 Å². The summed E-state index contributed by atoms with van der Waals surface area (Å²) in [6, 6.07) is 10.7. The van der Waals surface area contributed by atoms with Gasteiger partial charge in [-0.25, -0.2) is 0 Å². The van der Waals surface area contributed by atoms with Crippen LogP contribution in [0.25, 0.3) is 5.57 Å². The van der Waals surface area contributed by atoms with Gasteiger partial charge in [-0.15, -0.1) is 0 Å².